The molecule has 2 aromatic heterocycles. The monoisotopic (exact) mass is 385 g/mol. The molecule has 9 heteroatoms. The van der Waals surface area contributed by atoms with E-state index in [9.17, 15) is 13.2 Å². The minimum absolute atomic E-state index is 0.0189. The van der Waals surface area contributed by atoms with E-state index in [-0.39, 0.29) is 16.8 Å². The van der Waals surface area contributed by atoms with E-state index in [1.807, 2.05) is 28.8 Å². The molecule has 8 nitrogen and oxygen atoms in total. The summed E-state index contributed by atoms with van der Waals surface area (Å²) in [5.74, 6) is 0.420. The van der Waals surface area contributed by atoms with E-state index >= 15 is 0 Å². The highest BCUT2D eigenvalue weighted by molar-refractivity contribution is 7.89. The van der Waals surface area contributed by atoms with Gasteiger partial charge in [0, 0.05) is 30.8 Å². The van der Waals surface area contributed by atoms with Crippen LogP contribution in [-0.2, 0) is 16.4 Å². The highest BCUT2D eigenvalue weighted by Gasteiger charge is 2.28. The van der Waals surface area contributed by atoms with Crippen LogP contribution in [0.2, 0.25) is 0 Å². The fraction of sp³-hybridized carbons (Fsp3) is 0.278. The highest BCUT2D eigenvalue weighted by Crippen LogP contribution is 2.22. The van der Waals surface area contributed by atoms with Crippen LogP contribution in [0.3, 0.4) is 0 Å². The smallest absolute Gasteiger partial charge is 0.251 e. The molecule has 1 amide bonds. The van der Waals surface area contributed by atoms with Crippen LogP contribution in [0.25, 0.3) is 5.65 Å². The number of carbonyl (C=O) groups excluding carboxylic acids is 1. The van der Waals surface area contributed by atoms with Gasteiger partial charge < -0.3 is 5.32 Å². The second-order valence-electron chi connectivity index (χ2n) is 6.47. The Hall–Kier alpha value is -2.78. The Labute approximate surface area is 156 Å². The lowest BCUT2D eigenvalue weighted by Crippen LogP contribution is -2.28. The van der Waals surface area contributed by atoms with Gasteiger partial charge in [0.15, 0.2) is 5.65 Å². The standard InChI is InChI=1S/C18H19N5O3S/c24-18(19-10-9-17-21-20-16-6-1-2-11-23(16)17)13-4-3-5-15(12-13)27(25,26)22-14-7-8-14/h1-6,11-12,14,22H,7-10H2,(H,19,24). The van der Waals surface area contributed by atoms with E-state index in [1.165, 1.54) is 12.1 Å². The van der Waals surface area contributed by atoms with Gasteiger partial charge in [-0.15, -0.1) is 10.2 Å². The van der Waals surface area contributed by atoms with Crippen LogP contribution in [-0.4, -0.2) is 41.5 Å². The number of carbonyl (C=O) groups is 1. The molecule has 2 heterocycles. The van der Waals surface area contributed by atoms with Gasteiger partial charge in [0.1, 0.15) is 5.82 Å². The van der Waals surface area contributed by atoms with Gasteiger partial charge in [-0.2, -0.15) is 0 Å². The van der Waals surface area contributed by atoms with Crippen molar-refractivity contribution in [3.05, 3.63) is 60.0 Å². The Kier molecular flexibility index (Phi) is 4.63. The average molecular weight is 385 g/mol. The normalized spacial score (nSPS) is 14.4. The Morgan fingerprint density at radius 2 is 2.00 bits per heavy atom. The summed E-state index contributed by atoms with van der Waals surface area (Å²) in [6.07, 6.45) is 4.10. The van der Waals surface area contributed by atoms with Gasteiger partial charge in [0.2, 0.25) is 10.0 Å². The van der Waals surface area contributed by atoms with Gasteiger partial charge in [-0.3, -0.25) is 9.20 Å². The molecular weight excluding hydrogens is 366 g/mol. The molecule has 0 spiro atoms. The summed E-state index contributed by atoms with van der Waals surface area (Å²) in [5.41, 5.74) is 1.06. The van der Waals surface area contributed by atoms with Gasteiger partial charge in [-0.25, -0.2) is 13.1 Å². The number of amides is 1. The maximum Gasteiger partial charge on any atom is 0.251 e. The van der Waals surface area contributed by atoms with Crippen LogP contribution in [0.1, 0.15) is 29.0 Å². The average Bonchev–Trinajstić information content (AvgIpc) is 3.38. The number of benzene rings is 1. The molecule has 1 aliphatic rings. The summed E-state index contributed by atoms with van der Waals surface area (Å²) < 4.78 is 29.1. The maximum atomic E-state index is 12.4. The molecule has 0 radical (unpaired) electrons. The summed E-state index contributed by atoms with van der Waals surface area (Å²) in [6, 6.07) is 11.7. The van der Waals surface area contributed by atoms with Gasteiger partial charge in [-0.1, -0.05) is 12.1 Å². The first kappa shape index (κ1) is 17.6. The van der Waals surface area contributed by atoms with Crippen LogP contribution < -0.4 is 10.0 Å². The number of fused-ring (bicyclic) bond motifs is 1. The van der Waals surface area contributed by atoms with Crippen molar-refractivity contribution in [1.29, 1.82) is 0 Å². The molecule has 27 heavy (non-hydrogen) atoms. The van der Waals surface area contributed by atoms with E-state index < -0.39 is 10.0 Å². The third kappa shape index (κ3) is 3.99. The summed E-state index contributed by atoms with van der Waals surface area (Å²) in [6.45, 7) is 0.367. The largest absolute Gasteiger partial charge is 0.352 e. The molecule has 0 aliphatic heterocycles. The van der Waals surface area contributed by atoms with Crippen molar-refractivity contribution in [2.24, 2.45) is 0 Å². The zero-order valence-electron chi connectivity index (χ0n) is 14.5. The van der Waals surface area contributed by atoms with Crippen LogP contribution in [0.15, 0.2) is 53.6 Å². The minimum atomic E-state index is -3.58. The van der Waals surface area contributed by atoms with Crippen LogP contribution in [0.4, 0.5) is 0 Å². The SMILES string of the molecule is O=C(NCCc1nnc2ccccn12)c1cccc(S(=O)(=O)NC2CC2)c1. The Morgan fingerprint density at radius 1 is 1.15 bits per heavy atom. The fourth-order valence-electron chi connectivity index (χ4n) is 2.74. The second-order valence-corrected chi connectivity index (χ2v) is 8.19. The second kappa shape index (κ2) is 7.09. The number of hydrogen-bond acceptors (Lipinski definition) is 5. The van der Waals surface area contributed by atoms with E-state index in [4.69, 9.17) is 0 Å². The lowest BCUT2D eigenvalue weighted by Gasteiger charge is -2.08. The maximum absolute atomic E-state index is 12.4. The lowest BCUT2D eigenvalue weighted by molar-refractivity contribution is 0.0953. The molecule has 4 rings (SSSR count). The third-order valence-electron chi connectivity index (χ3n) is 4.32. The van der Waals surface area contributed by atoms with E-state index in [1.54, 1.807) is 12.1 Å². The summed E-state index contributed by atoms with van der Waals surface area (Å²) >= 11 is 0. The van der Waals surface area contributed by atoms with Crippen molar-refractivity contribution in [2.75, 3.05) is 6.54 Å². The summed E-state index contributed by atoms with van der Waals surface area (Å²) in [4.78, 5) is 12.5. The molecule has 0 bridgehead atoms. The molecule has 0 unspecified atom stereocenters. The van der Waals surface area contributed by atoms with Crippen LogP contribution in [0, 0.1) is 0 Å². The molecule has 3 aromatic rings. The number of aromatic nitrogens is 3. The first-order valence-electron chi connectivity index (χ1n) is 8.72. The fourth-order valence-corrected chi connectivity index (χ4v) is 4.09. The molecule has 0 saturated heterocycles. The van der Waals surface area contributed by atoms with Crippen molar-refractivity contribution in [3.8, 4) is 0 Å². The first-order chi connectivity index (χ1) is 13.0. The van der Waals surface area contributed by atoms with Gasteiger partial charge in [-0.05, 0) is 43.2 Å². The summed E-state index contributed by atoms with van der Waals surface area (Å²) in [5, 5.41) is 11.0. The molecular formula is C18H19N5O3S. The predicted octanol–water partition coefficient (Wildman–Crippen LogP) is 1.14. The molecule has 1 saturated carbocycles. The Bertz CT molecular complexity index is 1090. The van der Waals surface area contributed by atoms with Crippen LogP contribution in [0.5, 0.6) is 0 Å². The molecule has 1 aromatic carbocycles. The molecule has 140 valence electrons. The van der Waals surface area contributed by atoms with Crippen LogP contribution >= 0.6 is 0 Å². The first-order valence-corrected chi connectivity index (χ1v) is 10.2. The van der Waals surface area contributed by atoms with Crippen molar-refractivity contribution >= 4 is 21.6 Å². The molecule has 1 fully saturated rings. The molecule has 1 aliphatic carbocycles. The van der Waals surface area contributed by atoms with E-state index in [0.717, 1.165) is 24.3 Å². The topological polar surface area (TPSA) is 105 Å². The lowest BCUT2D eigenvalue weighted by atomic mass is 10.2. The number of sulfonamides is 1. The Morgan fingerprint density at radius 3 is 2.81 bits per heavy atom. The number of nitrogens with one attached hydrogen (secondary N) is 2. The Balaban J connectivity index is 1.40. The zero-order chi connectivity index (χ0) is 18.9. The van der Waals surface area contributed by atoms with Crippen molar-refractivity contribution in [1.82, 2.24) is 24.6 Å². The quantitative estimate of drug-likeness (QED) is 0.635. The van der Waals surface area contributed by atoms with Crippen molar-refractivity contribution < 1.29 is 13.2 Å². The number of rotatable bonds is 7. The van der Waals surface area contributed by atoms with Gasteiger partial charge >= 0.3 is 0 Å². The summed E-state index contributed by atoms with van der Waals surface area (Å²) in [7, 11) is -3.58. The zero-order valence-corrected chi connectivity index (χ0v) is 15.3. The number of hydrogen-bond donors (Lipinski definition) is 2. The predicted molar refractivity (Wildman–Crippen MR) is 98.8 cm³/mol. The van der Waals surface area contributed by atoms with E-state index in [2.05, 4.69) is 20.2 Å². The van der Waals surface area contributed by atoms with Crippen molar-refractivity contribution in [2.45, 2.75) is 30.2 Å². The third-order valence-corrected chi connectivity index (χ3v) is 5.84. The number of pyridine rings is 1. The molecule has 2 N–H and O–H groups in total. The highest BCUT2D eigenvalue weighted by atomic mass is 32.2. The number of nitrogens with zero attached hydrogens (tertiary/aromatic N) is 3. The minimum Gasteiger partial charge on any atom is -0.352 e. The van der Waals surface area contributed by atoms with Gasteiger partial charge in [0.25, 0.3) is 5.91 Å². The van der Waals surface area contributed by atoms with Gasteiger partial charge in [0.05, 0.1) is 4.90 Å². The van der Waals surface area contributed by atoms with E-state index in [0.29, 0.717) is 18.5 Å². The molecule has 0 atom stereocenters. The van der Waals surface area contributed by atoms with Crippen molar-refractivity contribution in [3.63, 3.8) is 0 Å².